The lowest BCUT2D eigenvalue weighted by molar-refractivity contribution is -0.135. The van der Waals surface area contributed by atoms with Gasteiger partial charge in [-0.05, 0) is 70.4 Å². The Labute approximate surface area is 232 Å². The number of aryl methyl sites for hydroxylation is 1. The minimum atomic E-state index is -1.13. The first-order chi connectivity index (χ1) is 17.8. The van der Waals surface area contributed by atoms with Crippen molar-refractivity contribution in [1.82, 2.24) is 10.3 Å². The number of aromatic nitrogens is 1. The van der Waals surface area contributed by atoms with E-state index in [1.807, 2.05) is 12.3 Å². The molecule has 9 heteroatoms. The molecule has 1 aliphatic rings. The van der Waals surface area contributed by atoms with Gasteiger partial charge < -0.3 is 15.2 Å². The normalized spacial score (nSPS) is 12.1. The number of fused-ring (bicyclic) bond motifs is 2. The number of carboxylic acids is 1. The van der Waals surface area contributed by atoms with Crippen molar-refractivity contribution in [3.05, 3.63) is 92.0 Å². The number of halogens is 3. The maximum atomic E-state index is 11.4. The van der Waals surface area contributed by atoms with Crippen molar-refractivity contribution < 1.29 is 19.4 Å². The smallest absolute Gasteiger partial charge is 0.322 e. The predicted octanol–water partition coefficient (Wildman–Crippen LogP) is 7.11. The van der Waals surface area contributed by atoms with Crippen molar-refractivity contribution in [3.63, 3.8) is 0 Å². The quantitative estimate of drug-likeness (QED) is 0.260. The van der Waals surface area contributed by atoms with Crippen LogP contribution >= 0.6 is 39.1 Å². The van der Waals surface area contributed by atoms with E-state index in [0.29, 0.717) is 0 Å². The Morgan fingerprint density at radius 3 is 2.54 bits per heavy atom. The highest BCUT2D eigenvalue weighted by Gasteiger charge is 2.20. The first-order valence-electron chi connectivity index (χ1n) is 11.5. The van der Waals surface area contributed by atoms with Gasteiger partial charge in [-0.1, -0.05) is 59.6 Å². The van der Waals surface area contributed by atoms with Gasteiger partial charge in [-0.3, -0.25) is 14.6 Å². The summed E-state index contributed by atoms with van der Waals surface area (Å²) in [5.74, 6) is -0.728. The van der Waals surface area contributed by atoms with Gasteiger partial charge in [-0.15, -0.1) is 0 Å². The molecule has 4 aromatic rings. The number of ether oxygens (including phenoxy) is 1. The van der Waals surface area contributed by atoms with Crippen LogP contribution in [0.1, 0.15) is 27.9 Å². The lowest BCUT2D eigenvalue weighted by Crippen LogP contribution is -2.29. The molecule has 0 bridgehead atoms. The molecule has 2 heterocycles. The molecule has 0 atom stereocenters. The van der Waals surface area contributed by atoms with E-state index in [1.165, 1.54) is 28.6 Å². The summed E-state index contributed by atoms with van der Waals surface area (Å²) in [6.07, 6.45) is 4.11. The number of nitrogens with zero attached hydrogens (tertiary/aromatic N) is 1. The van der Waals surface area contributed by atoms with Crippen LogP contribution in [0, 0.1) is 6.92 Å². The number of pyridine rings is 1. The summed E-state index contributed by atoms with van der Waals surface area (Å²) in [4.78, 5) is 26.4. The van der Waals surface area contributed by atoms with Crippen LogP contribution in [0.25, 0.3) is 22.0 Å². The largest absolute Gasteiger partial charge is 0.493 e. The van der Waals surface area contributed by atoms with Gasteiger partial charge in [0, 0.05) is 17.1 Å². The topological polar surface area (TPSA) is 88.5 Å². The number of carbonyl (C=O) groups excluding carboxylic acids is 1. The maximum absolute atomic E-state index is 11.4. The summed E-state index contributed by atoms with van der Waals surface area (Å²) in [6, 6.07) is 17.2. The third-order valence-corrected chi connectivity index (χ3v) is 7.33. The van der Waals surface area contributed by atoms with Gasteiger partial charge in [0.15, 0.2) is 0 Å². The lowest BCUT2D eigenvalue weighted by Gasteiger charge is -2.22. The van der Waals surface area contributed by atoms with Gasteiger partial charge in [0.05, 0.1) is 32.4 Å². The summed E-state index contributed by atoms with van der Waals surface area (Å²) in [5, 5.41) is 13.2. The highest BCUT2D eigenvalue weighted by atomic mass is 79.9. The molecule has 1 aromatic heterocycles. The monoisotopic (exact) mass is 600 g/mol. The summed E-state index contributed by atoms with van der Waals surface area (Å²) >= 11 is 15.2. The van der Waals surface area contributed by atoms with Crippen molar-refractivity contribution in [1.29, 1.82) is 0 Å². The highest BCUT2D eigenvalue weighted by molar-refractivity contribution is 9.10. The molecule has 190 valence electrons. The Kier molecular flexibility index (Phi) is 8.69. The number of nitrogens with one attached hydrogen (secondary N) is 1. The SMILES string of the molecule is Cc1ccc(-c2ncc3ccccc3c2Br)c2c1CCCO2.O=C(O)CNC(=O)c1c(Cl)cccc1Cl. The molecular weight excluding hydrogens is 579 g/mol. The fourth-order valence-electron chi connectivity index (χ4n) is 4.09. The number of aliphatic carboxylic acids is 1. The van der Waals surface area contributed by atoms with Gasteiger partial charge >= 0.3 is 5.97 Å². The Balaban J connectivity index is 0.000000188. The zero-order chi connectivity index (χ0) is 26.5. The predicted molar refractivity (Wildman–Crippen MR) is 150 cm³/mol. The number of rotatable bonds is 4. The van der Waals surface area contributed by atoms with E-state index in [-0.39, 0.29) is 15.6 Å². The molecule has 37 heavy (non-hydrogen) atoms. The second-order valence-corrected chi connectivity index (χ2v) is 9.98. The van der Waals surface area contributed by atoms with E-state index in [1.54, 1.807) is 6.07 Å². The summed E-state index contributed by atoms with van der Waals surface area (Å²) < 4.78 is 7.03. The molecule has 1 aliphatic heterocycles. The van der Waals surface area contributed by atoms with Crippen LogP contribution in [0.15, 0.2) is 65.3 Å². The van der Waals surface area contributed by atoms with E-state index >= 15 is 0 Å². The fourth-order valence-corrected chi connectivity index (χ4v) is 5.33. The van der Waals surface area contributed by atoms with Crippen LogP contribution in [0.4, 0.5) is 0 Å². The van der Waals surface area contributed by atoms with Gasteiger partial charge in [0.25, 0.3) is 5.91 Å². The molecule has 0 fully saturated rings. The number of hydrogen-bond donors (Lipinski definition) is 2. The van der Waals surface area contributed by atoms with Gasteiger partial charge in [-0.25, -0.2) is 0 Å². The van der Waals surface area contributed by atoms with Crippen LogP contribution in [0.3, 0.4) is 0 Å². The Morgan fingerprint density at radius 2 is 1.81 bits per heavy atom. The van der Waals surface area contributed by atoms with Crippen molar-refractivity contribution in [3.8, 4) is 17.0 Å². The molecule has 0 aliphatic carbocycles. The Bertz CT molecular complexity index is 1470. The minimum absolute atomic E-state index is 0.0853. The average molecular weight is 602 g/mol. The molecule has 1 amide bonds. The molecule has 3 aromatic carbocycles. The van der Waals surface area contributed by atoms with Crippen molar-refractivity contribution in [2.75, 3.05) is 13.2 Å². The number of carbonyl (C=O) groups is 2. The van der Waals surface area contributed by atoms with Crippen LogP contribution in [-0.2, 0) is 11.2 Å². The van der Waals surface area contributed by atoms with E-state index in [9.17, 15) is 9.59 Å². The molecule has 6 nitrogen and oxygen atoms in total. The number of benzene rings is 3. The molecule has 0 unspecified atom stereocenters. The molecular formula is C28H23BrCl2N2O4. The first kappa shape index (κ1) is 26.9. The number of hydrogen-bond acceptors (Lipinski definition) is 4. The Hall–Kier alpha value is -3.13. The van der Waals surface area contributed by atoms with E-state index in [0.717, 1.165) is 46.3 Å². The van der Waals surface area contributed by atoms with Crippen LogP contribution < -0.4 is 10.1 Å². The van der Waals surface area contributed by atoms with E-state index in [2.05, 4.69) is 63.5 Å². The van der Waals surface area contributed by atoms with Crippen molar-refractivity contribution in [2.24, 2.45) is 0 Å². The van der Waals surface area contributed by atoms with E-state index < -0.39 is 18.4 Å². The van der Waals surface area contributed by atoms with Gasteiger partial charge in [0.2, 0.25) is 0 Å². The molecule has 5 rings (SSSR count). The number of amides is 1. The van der Waals surface area contributed by atoms with Gasteiger partial charge in [-0.2, -0.15) is 0 Å². The summed E-state index contributed by atoms with van der Waals surface area (Å²) in [7, 11) is 0. The number of carboxylic acid groups (broad SMARTS) is 1. The van der Waals surface area contributed by atoms with Crippen molar-refractivity contribution in [2.45, 2.75) is 19.8 Å². The second kappa shape index (κ2) is 11.9. The Morgan fingerprint density at radius 1 is 1.08 bits per heavy atom. The molecule has 0 spiro atoms. The average Bonchev–Trinajstić information content (AvgIpc) is 2.89. The van der Waals surface area contributed by atoms with Crippen LogP contribution in [0.2, 0.25) is 10.0 Å². The highest BCUT2D eigenvalue weighted by Crippen LogP contribution is 2.41. The van der Waals surface area contributed by atoms with Crippen LogP contribution in [0.5, 0.6) is 5.75 Å². The van der Waals surface area contributed by atoms with E-state index in [4.69, 9.17) is 33.0 Å². The standard InChI is InChI=1S/C19H16BrNO.C9H7Cl2NO3/c1-12-8-9-16(19-14(12)7-4-10-22-19)18-17(20)15-6-3-2-5-13(15)11-21-18;10-5-2-1-3-6(11)8(5)9(15)12-4-7(13)14/h2-3,5-6,8-9,11H,4,7,10H2,1H3;1-3H,4H2,(H,12,15)(H,13,14). The molecule has 0 saturated heterocycles. The summed E-state index contributed by atoms with van der Waals surface area (Å²) in [6.45, 7) is 2.47. The zero-order valence-corrected chi connectivity index (χ0v) is 23.0. The molecule has 0 radical (unpaired) electrons. The van der Waals surface area contributed by atoms with Gasteiger partial charge in [0.1, 0.15) is 12.3 Å². The lowest BCUT2D eigenvalue weighted by atomic mass is 9.95. The molecule has 2 N–H and O–H groups in total. The first-order valence-corrected chi connectivity index (χ1v) is 13.1. The zero-order valence-electron chi connectivity index (χ0n) is 19.9. The van der Waals surface area contributed by atoms with Crippen molar-refractivity contribution >= 4 is 61.8 Å². The second-order valence-electron chi connectivity index (χ2n) is 8.37. The third kappa shape index (κ3) is 6.06. The minimum Gasteiger partial charge on any atom is -0.493 e. The maximum Gasteiger partial charge on any atom is 0.322 e. The van der Waals surface area contributed by atoms with Crippen LogP contribution in [-0.4, -0.2) is 35.1 Å². The molecule has 0 saturated carbocycles. The summed E-state index contributed by atoms with van der Waals surface area (Å²) in [5.41, 5.74) is 4.75. The fraction of sp³-hybridized carbons (Fsp3) is 0.179. The third-order valence-electron chi connectivity index (χ3n) is 5.90.